The number of carboxylic acids is 1. The molecule has 0 saturated heterocycles. The highest BCUT2D eigenvalue weighted by Crippen LogP contribution is 2.29. The third-order valence-corrected chi connectivity index (χ3v) is 4.99. The molecule has 0 heterocycles. The van der Waals surface area contributed by atoms with E-state index in [9.17, 15) is 42.6 Å². The second-order valence-corrected chi connectivity index (χ2v) is 8.24. The number of phenolic OH excluding ortho intramolecular Hbond substituents is 2. The summed E-state index contributed by atoms with van der Waals surface area (Å²) in [4.78, 5) is 56.9. The fourth-order valence-electron chi connectivity index (χ4n) is 3.04. The van der Waals surface area contributed by atoms with Crippen molar-refractivity contribution >= 4 is 29.9 Å². The number of carboxylic acid groups (broad SMARTS) is 1. The Morgan fingerprint density at radius 3 is 2.00 bits per heavy atom. The third kappa shape index (κ3) is 11.6. The van der Waals surface area contributed by atoms with Crippen molar-refractivity contribution in [2.45, 2.75) is 38.0 Å². The molecule has 1 unspecified atom stereocenters. The maximum atomic E-state index is 12.7. The number of hydrogen-bond donors (Lipinski definition) is 6. The molecule has 2 amide bonds. The van der Waals surface area contributed by atoms with Gasteiger partial charge in [0.15, 0.2) is 23.0 Å². The highest BCUT2D eigenvalue weighted by Gasteiger charge is 2.38. The van der Waals surface area contributed by atoms with Crippen LogP contribution >= 0.6 is 0 Å². The van der Waals surface area contributed by atoms with Crippen molar-refractivity contribution < 1.29 is 66.7 Å². The number of rotatable bonds is 9. The number of hydrogen-bond acceptors (Lipinski definition) is 11. The number of carbonyl (C=O) groups is 5. The van der Waals surface area contributed by atoms with Gasteiger partial charge < -0.3 is 45.9 Å². The molecule has 0 aromatic heterocycles. The SMILES string of the molecule is CNC(=O)Oc1cc(C[C@H](NC(=O)C(N)Cc2ccc(O)c(O)c2)C(=O)OC)ccc1OC(C)=O.O=C(O)C(F)(F)F. The number of amides is 2. The van der Waals surface area contributed by atoms with Crippen molar-refractivity contribution in [3.63, 3.8) is 0 Å². The molecule has 0 spiro atoms. The fourth-order valence-corrected chi connectivity index (χ4v) is 3.04. The summed E-state index contributed by atoms with van der Waals surface area (Å²) >= 11 is 0. The second-order valence-electron chi connectivity index (χ2n) is 8.24. The highest BCUT2D eigenvalue weighted by atomic mass is 19.4. The number of alkyl halides is 3. The number of methoxy groups -OCH3 is 1. The fraction of sp³-hybridized carbons (Fsp3) is 0.320. The maximum Gasteiger partial charge on any atom is 0.490 e. The molecule has 0 bridgehead atoms. The highest BCUT2D eigenvalue weighted by molar-refractivity contribution is 5.87. The number of ether oxygens (including phenoxy) is 3. The van der Waals surface area contributed by atoms with Crippen molar-refractivity contribution in [3.05, 3.63) is 47.5 Å². The average molecular weight is 604 g/mol. The molecular weight excluding hydrogens is 575 g/mol. The number of halogens is 3. The van der Waals surface area contributed by atoms with Crippen LogP contribution in [0.5, 0.6) is 23.0 Å². The topological polar surface area (TPSA) is 224 Å². The molecule has 0 radical (unpaired) electrons. The first-order valence-electron chi connectivity index (χ1n) is 11.6. The molecule has 7 N–H and O–H groups in total. The van der Waals surface area contributed by atoms with E-state index in [1.165, 1.54) is 50.4 Å². The Hall–Kier alpha value is -5.06. The molecule has 2 atom stereocenters. The van der Waals surface area contributed by atoms with Gasteiger partial charge in [-0.25, -0.2) is 14.4 Å². The predicted molar refractivity (Wildman–Crippen MR) is 136 cm³/mol. The first-order valence-corrected chi connectivity index (χ1v) is 11.6. The second kappa shape index (κ2) is 15.7. The van der Waals surface area contributed by atoms with Gasteiger partial charge >= 0.3 is 30.2 Å². The van der Waals surface area contributed by atoms with Gasteiger partial charge in [-0.05, 0) is 41.8 Å². The molecule has 17 heteroatoms. The van der Waals surface area contributed by atoms with Crippen molar-refractivity contribution in [2.75, 3.05) is 14.2 Å². The molecule has 14 nitrogen and oxygen atoms in total. The van der Waals surface area contributed by atoms with Crippen LogP contribution in [0.4, 0.5) is 18.0 Å². The lowest BCUT2D eigenvalue weighted by molar-refractivity contribution is -0.192. The van der Waals surface area contributed by atoms with Gasteiger partial charge in [0, 0.05) is 20.4 Å². The van der Waals surface area contributed by atoms with E-state index in [2.05, 4.69) is 10.6 Å². The molecule has 0 saturated carbocycles. The number of aliphatic carboxylic acids is 1. The standard InChI is InChI=1S/C23H27N3O9.C2HF3O2/c1-12(27)34-19-7-5-14(11-20(19)35-23(32)25-2)9-16(22(31)33-3)26-21(30)15(24)8-13-4-6-17(28)18(29)10-13;3-2(4,5)1(6)7/h4-7,10-11,15-16,28-29H,8-9,24H2,1-3H3,(H,25,32)(H,26,30);(H,6,7)/t15?,16-;/m0./s1. The summed E-state index contributed by atoms with van der Waals surface area (Å²) in [7, 11) is 2.51. The summed E-state index contributed by atoms with van der Waals surface area (Å²) in [6.07, 6.45) is -5.93. The predicted octanol–water partition coefficient (Wildman–Crippen LogP) is 1.14. The van der Waals surface area contributed by atoms with Crippen LogP contribution in [0.2, 0.25) is 0 Å². The molecule has 0 aliphatic rings. The summed E-state index contributed by atoms with van der Waals surface area (Å²) in [6, 6.07) is 6.12. The number of phenols is 2. The molecule has 0 fully saturated rings. The summed E-state index contributed by atoms with van der Waals surface area (Å²) in [5, 5.41) is 30.9. The van der Waals surface area contributed by atoms with Crippen LogP contribution in [0.1, 0.15) is 18.1 Å². The van der Waals surface area contributed by atoms with Gasteiger partial charge in [-0.3, -0.25) is 9.59 Å². The number of nitrogens with two attached hydrogens (primary N) is 1. The van der Waals surface area contributed by atoms with Crippen LogP contribution in [-0.2, 0) is 36.8 Å². The minimum Gasteiger partial charge on any atom is -0.504 e. The summed E-state index contributed by atoms with van der Waals surface area (Å²) < 4.78 is 46.7. The number of esters is 2. The van der Waals surface area contributed by atoms with Crippen molar-refractivity contribution in [1.82, 2.24) is 10.6 Å². The number of benzene rings is 2. The van der Waals surface area contributed by atoms with E-state index in [-0.39, 0.29) is 35.8 Å². The van der Waals surface area contributed by atoms with E-state index in [0.29, 0.717) is 11.1 Å². The minimum atomic E-state index is -5.08. The average Bonchev–Trinajstić information content (AvgIpc) is 2.90. The van der Waals surface area contributed by atoms with E-state index in [1.54, 1.807) is 0 Å². The minimum absolute atomic E-state index is 0.0114. The van der Waals surface area contributed by atoms with Crippen LogP contribution < -0.4 is 25.8 Å². The number of aromatic hydroxyl groups is 2. The molecule has 230 valence electrons. The lowest BCUT2D eigenvalue weighted by Gasteiger charge is -2.20. The Morgan fingerprint density at radius 1 is 0.929 bits per heavy atom. The monoisotopic (exact) mass is 603 g/mol. The van der Waals surface area contributed by atoms with Gasteiger partial charge in [0.2, 0.25) is 5.91 Å². The molecule has 2 aromatic rings. The van der Waals surface area contributed by atoms with Crippen LogP contribution in [0.25, 0.3) is 0 Å². The number of nitrogens with one attached hydrogen (secondary N) is 2. The van der Waals surface area contributed by atoms with Gasteiger partial charge in [0.05, 0.1) is 13.2 Å². The zero-order chi connectivity index (χ0) is 32.2. The summed E-state index contributed by atoms with van der Waals surface area (Å²) in [5.41, 5.74) is 6.91. The van der Waals surface area contributed by atoms with E-state index < -0.39 is 48.2 Å². The molecule has 2 aromatic carbocycles. The Bertz CT molecular complexity index is 1300. The smallest absolute Gasteiger partial charge is 0.490 e. The molecule has 0 aliphatic heterocycles. The van der Waals surface area contributed by atoms with Gasteiger partial charge in [-0.1, -0.05) is 12.1 Å². The summed E-state index contributed by atoms with van der Waals surface area (Å²) in [6.45, 7) is 1.18. The Labute approximate surface area is 236 Å². The Balaban J connectivity index is 0.00000112. The Kier molecular flexibility index (Phi) is 13.0. The molecular formula is C25H28F3N3O11. The largest absolute Gasteiger partial charge is 0.504 e. The lowest BCUT2D eigenvalue weighted by Crippen LogP contribution is -2.50. The van der Waals surface area contributed by atoms with Gasteiger partial charge in [-0.15, -0.1) is 0 Å². The van der Waals surface area contributed by atoms with Crippen LogP contribution in [0, 0.1) is 0 Å². The van der Waals surface area contributed by atoms with Crippen molar-refractivity contribution in [3.8, 4) is 23.0 Å². The van der Waals surface area contributed by atoms with Crippen molar-refractivity contribution in [2.24, 2.45) is 5.73 Å². The van der Waals surface area contributed by atoms with Gasteiger partial charge in [-0.2, -0.15) is 13.2 Å². The zero-order valence-electron chi connectivity index (χ0n) is 22.4. The van der Waals surface area contributed by atoms with E-state index in [4.69, 9.17) is 29.8 Å². The molecule has 0 aliphatic carbocycles. The first kappa shape index (κ1) is 35.0. The third-order valence-electron chi connectivity index (χ3n) is 4.99. The Morgan fingerprint density at radius 2 is 1.50 bits per heavy atom. The van der Waals surface area contributed by atoms with Crippen LogP contribution in [-0.4, -0.2) is 77.6 Å². The maximum absolute atomic E-state index is 12.7. The van der Waals surface area contributed by atoms with E-state index in [0.717, 1.165) is 7.11 Å². The summed E-state index contributed by atoms with van der Waals surface area (Å²) in [5.74, 6) is -5.54. The van der Waals surface area contributed by atoms with Crippen molar-refractivity contribution in [1.29, 1.82) is 0 Å². The molecule has 42 heavy (non-hydrogen) atoms. The number of carbonyl (C=O) groups excluding carboxylic acids is 4. The van der Waals surface area contributed by atoms with Gasteiger partial charge in [0.25, 0.3) is 0 Å². The normalized spacial score (nSPS) is 12.0. The van der Waals surface area contributed by atoms with E-state index in [1.807, 2.05) is 0 Å². The van der Waals surface area contributed by atoms with E-state index >= 15 is 0 Å². The first-order chi connectivity index (χ1) is 19.5. The van der Waals surface area contributed by atoms with Crippen LogP contribution in [0.15, 0.2) is 36.4 Å². The van der Waals surface area contributed by atoms with Crippen LogP contribution in [0.3, 0.4) is 0 Å². The quantitative estimate of drug-likeness (QED) is 0.135. The molecule has 2 rings (SSSR count). The zero-order valence-corrected chi connectivity index (χ0v) is 22.4. The van der Waals surface area contributed by atoms with Gasteiger partial charge in [0.1, 0.15) is 6.04 Å². The lowest BCUT2D eigenvalue weighted by atomic mass is 10.0.